The average Bonchev–Trinajstić information content (AvgIpc) is 3.11. The van der Waals surface area contributed by atoms with Gasteiger partial charge in [-0.1, -0.05) is 11.6 Å². The molecule has 2 heterocycles. The van der Waals surface area contributed by atoms with Gasteiger partial charge >= 0.3 is 0 Å². The van der Waals surface area contributed by atoms with E-state index < -0.39 is 11.7 Å². The molecule has 2 aromatic carbocycles. The van der Waals surface area contributed by atoms with Gasteiger partial charge < -0.3 is 5.32 Å². The summed E-state index contributed by atoms with van der Waals surface area (Å²) in [4.78, 5) is 21.3. The third-order valence-corrected chi connectivity index (χ3v) is 4.66. The molecule has 0 spiro atoms. The number of hydrogen-bond acceptors (Lipinski definition) is 4. The minimum absolute atomic E-state index is 0.101. The van der Waals surface area contributed by atoms with Gasteiger partial charge in [-0.15, -0.1) is 0 Å². The van der Waals surface area contributed by atoms with Gasteiger partial charge in [0.1, 0.15) is 11.5 Å². The van der Waals surface area contributed by atoms with E-state index in [0.717, 1.165) is 16.5 Å². The fraction of sp³-hybridized carbons (Fsp3) is 0.143. The molecule has 4 aromatic rings. The standard InChI is InChI=1S/C21H18FN5O/c1-12-4-6-16-14(10-12)11-23-20(25-16)15-5-7-17(19(22)13(15)2)26-21(28)18-8-9-24-27(18)3/h4-11H,1-3H3,(H,26,28). The Morgan fingerprint density at radius 2 is 1.96 bits per heavy atom. The van der Waals surface area contributed by atoms with Crippen LogP contribution in [0.5, 0.6) is 0 Å². The van der Waals surface area contributed by atoms with Gasteiger partial charge in [0.15, 0.2) is 5.82 Å². The molecule has 1 amide bonds. The van der Waals surface area contributed by atoms with Crippen molar-refractivity contribution in [2.24, 2.45) is 7.05 Å². The smallest absolute Gasteiger partial charge is 0.273 e. The minimum Gasteiger partial charge on any atom is -0.318 e. The zero-order chi connectivity index (χ0) is 19.8. The third-order valence-electron chi connectivity index (χ3n) is 4.66. The topological polar surface area (TPSA) is 72.7 Å². The summed E-state index contributed by atoms with van der Waals surface area (Å²) in [6.07, 6.45) is 3.25. The van der Waals surface area contributed by atoms with Crippen molar-refractivity contribution in [1.82, 2.24) is 19.7 Å². The molecule has 7 heteroatoms. The number of amides is 1. The number of rotatable bonds is 3. The van der Waals surface area contributed by atoms with Crippen molar-refractivity contribution in [2.75, 3.05) is 5.32 Å². The summed E-state index contributed by atoms with van der Waals surface area (Å²) >= 11 is 0. The number of fused-ring (bicyclic) bond motifs is 1. The second kappa shape index (κ2) is 6.84. The molecule has 4 rings (SSSR count). The molecule has 0 unspecified atom stereocenters. The fourth-order valence-electron chi connectivity index (χ4n) is 3.09. The Morgan fingerprint density at radius 1 is 1.14 bits per heavy atom. The highest BCUT2D eigenvalue weighted by atomic mass is 19.1. The lowest BCUT2D eigenvalue weighted by molar-refractivity contribution is 0.101. The van der Waals surface area contributed by atoms with Gasteiger partial charge in [-0.05, 0) is 49.7 Å². The highest BCUT2D eigenvalue weighted by Gasteiger charge is 2.17. The van der Waals surface area contributed by atoms with Crippen LogP contribution in [0.1, 0.15) is 21.6 Å². The predicted octanol–water partition coefficient (Wildman–Crippen LogP) is 4.04. The monoisotopic (exact) mass is 375 g/mol. The number of aromatic nitrogens is 4. The Hall–Kier alpha value is -3.61. The number of hydrogen-bond donors (Lipinski definition) is 1. The third kappa shape index (κ3) is 3.11. The van der Waals surface area contributed by atoms with Crippen LogP contribution in [0.3, 0.4) is 0 Å². The van der Waals surface area contributed by atoms with E-state index in [4.69, 9.17) is 0 Å². The molecule has 28 heavy (non-hydrogen) atoms. The number of halogens is 1. The zero-order valence-corrected chi connectivity index (χ0v) is 15.7. The summed E-state index contributed by atoms with van der Waals surface area (Å²) in [6, 6.07) is 10.7. The van der Waals surface area contributed by atoms with Crippen molar-refractivity contribution in [3.8, 4) is 11.4 Å². The second-order valence-corrected chi connectivity index (χ2v) is 6.65. The Balaban J connectivity index is 1.69. The van der Waals surface area contributed by atoms with Crippen LogP contribution in [-0.4, -0.2) is 25.7 Å². The first-order valence-corrected chi connectivity index (χ1v) is 8.76. The number of anilines is 1. The molecule has 0 aliphatic heterocycles. The molecular formula is C21H18FN5O. The molecule has 6 nitrogen and oxygen atoms in total. The van der Waals surface area contributed by atoms with Crippen LogP contribution in [0.15, 0.2) is 48.8 Å². The summed E-state index contributed by atoms with van der Waals surface area (Å²) in [5, 5.41) is 7.47. The Kier molecular flexibility index (Phi) is 4.35. The van der Waals surface area contributed by atoms with Crippen molar-refractivity contribution < 1.29 is 9.18 Å². The van der Waals surface area contributed by atoms with Crippen LogP contribution in [0.2, 0.25) is 0 Å². The number of aryl methyl sites for hydroxylation is 2. The summed E-state index contributed by atoms with van der Waals surface area (Å²) in [7, 11) is 1.65. The van der Waals surface area contributed by atoms with Gasteiger partial charge in [0, 0.05) is 30.4 Å². The number of benzene rings is 2. The lowest BCUT2D eigenvalue weighted by Crippen LogP contribution is -2.17. The van der Waals surface area contributed by atoms with Crippen molar-refractivity contribution in [1.29, 1.82) is 0 Å². The molecule has 0 atom stereocenters. The summed E-state index contributed by atoms with van der Waals surface area (Å²) in [5.74, 6) is -0.499. The Morgan fingerprint density at radius 3 is 2.71 bits per heavy atom. The molecular weight excluding hydrogens is 357 g/mol. The van der Waals surface area contributed by atoms with Gasteiger partial charge in [0.25, 0.3) is 5.91 Å². The molecule has 2 aromatic heterocycles. The predicted molar refractivity (Wildman–Crippen MR) is 106 cm³/mol. The van der Waals surface area contributed by atoms with Gasteiger partial charge in [0.2, 0.25) is 0 Å². The molecule has 0 aliphatic rings. The van der Waals surface area contributed by atoms with Gasteiger partial charge in [-0.3, -0.25) is 9.48 Å². The molecule has 0 saturated carbocycles. The quantitative estimate of drug-likeness (QED) is 0.587. The number of nitrogens with one attached hydrogen (secondary N) is 1. The van der Waals surface area contributed by atoms with E-state index in [1.807, 2.05) is 25.1 Å². The molecule has 140 valence electrons. The molecule has 0 saturated heterocycles. The van der Waals surface area contributed by atoms with Crippen LogP contribution in [0, 0.1) is 19.7 Å². The van der Waals surface area contributed by atoms with Crippen LogP contribution >= 0.6 is 0 Å². The van der Waals surface area contributed by atoms with Crippen LogP contribution in [-0.2, 0) is 7.05 Å². The Labute approximate surface area is 161 Å². The fourth-order valence-corrected chi connectivity index (χ4v) is 3.09. The van der Waals surface area contributed by atoms with E-state index >= 15 is 0 Å². The van der Waals surface area contributed by atoms with Crippen LogP contribution in [0.4, 0.5) is 10.1 Å². The maximum absolute atomic E-state index is 14.9. The number of carbonyl (C=O) groups excluding carboxylic acids is 1. The van der Waals surface area contributed by atoms with Crippen molar-refractivity contribution >= 4 is 22.5 Å². The maximum atomic E-state index is 14.9. The van der Waals surface area contributed by atoms with Crippen molar-refractivity contribution in [2.45, 2.75) is 13.8 Å². The van der Waals surface area contributed by atoms with Crippen molar-refractivity contribution in [3.05, 3.63) is 71.4 Å². The molecule has 0 radical (unpaired) electrons. The first-order valence-electron chi connectivity index (χ1n) is 8.76. The van der Waals surface area contributed by atoms with Gasteiger partial charge in [-0.2, -0.15) is 5.10 Å². The highest BCUT2D eigenvalue weighted by molar-refractivity contribution is 6.03. The van der Waals surface area contributed by atoms with E-state index in [2.05, 4.69) is 20.4 Å². The molecule has 1 N–H and O–H groups in total. The van der Waals surface area contributed by atoms with E-state index in [1.54, 1.807) is 32.3 Å². The van der Waals surface area contributed by atoms with Crippen LogP contribution in [0.25, 0.3) is 22.3 Å². The maximum Gasteiger partial charge on any atom is 0.273 e. The van der Waals surface area contributed by atoms with Gasteiger partial charge in [0.05, 0.1) is 11.2 Å². The second-order valence-electron chi connectivity index (χ2n) is 6.65. The summed E-state index contributed by atoms with van der Waals surface area (Å²) < 4.78 is 16.4. The molecule has 0 fully saturated rings. The lowest BCUT2D eigenvalue weighted by atomic mass is 10.1. The Bertz CT molecular complexity index is 1210. The van der Waals surface area contributed by atoms with Crippen molar-refractivity contribution in [3.63, 3.8) is 0 Å². The normalized spacial score (nSPS) is 11.0. The van der Waals surface area contributed by atoms with E-state index in [9.17, 15) is 9.18 Å². The lowest BCUT2D eigenvalue weighted by Gasteiger charge is -2.12. The number of nitrogens with zero attached hydrogens (tertiary/aromatic N) is 4. The van der Waals surface area contributed by atoms with Gasteiger partial charge in [-0.25, -0.2) is 14.4 Å². The first-order chi connectivity index (χ1) is 13.4. The van der Waals surface area contributed by atoms with E-state index in [-0.39, 0.29) is 5.69 Å². The summed E-state index contributed by atoms with van der Waals surface area (Å²) in [6.45, 7) is 3.65. The largest absolute Gasteiger partial charge is 0.318 e. The van der Waals surface area contributed by atoms with Crippen LogP contribution < -0.4 is 5.32 Å². The average molecular weight is 375 g/mol. The minimum atomic E-state index is -0.513. The van der Waals surface area contributed by atoms with E-state index in [1.165, 1.54) is 16.9 Å². The molecule has 0 bridgehead atoms. The highest BCUT2D eigenvalue weighted by Crippen LogP contribution is 2.28. The first kappa shape index (κ1) is 17.8. The SMILES string of the molecule is Cc1ccc2nc(-c3ccc(NC(=O)c4ccnn4C)c(F)c3C)ncc2c1. The zero-order valence-electron chi connectivity index (χ0n) is 15.7. The summed E-state index contributed by atoms with van der Waals surface area (Å²) in [5.41, 5.74) is 3.31. The molecule has 0 aliphatic carbocycles. The van der Waals surface area contributed by atoms with E-state index in [0.29, 0.717) is 22.6 Å². The number of carbonyl (C=O) groups is 1.